The number of carbonyl (C=O) groups is 1. The van der Waals surface area contributed by atoms with E-state index in [0.717, 1.165) is 5.56 Å². The van der Waals surface area contributed by atoms with Crippen molar-refractivity contribution in [1.82, 2.24) is 5.43 Å². The quantitative estimate of drug-likeness (QED) is 0.426. The number of hydrogen-bond acceptors (Lipinski definition) is 2. The molecule has 0 aromatic heterocycles. The van der Waals surface area contributed by atoms with E-state index in [9.17, 15) is 4.79 Å². The molecule has 3 N–H and O–H groups in total. The number of rotatable bonds is 2. The van der Waals surface area contributed by atoms with Crippen LogP contribution >= 0.6 is 11.6 Å². The van der Waals surface area contributed by atoms with Crippen LogP contribution in [-0.2, 0) is 4.79 Å². The van der Waals surface area contributed by atoms with Gasteiger partial charge in [-0.05, 0) is 24.6 Å². The third-order valence-electron chi connectivity index (χ3n) is 1.73. The van der Waals surface area contributed by atoms with E-state index in [-0.39, 0.29) is 5.91 Å². The van der Waals surface area contributed by atoms with Crippen molar-refractivity contribution < 1.29 is 4.79 Å². The van der Waals surface area contributed by atoms with Gasteiger partial charge in [0.2, 0.25) is 5.91 Å². The Kier molecular flexibility index (Phi) is 3.28. The van der Waals surface area contributed by atoms with Gasteiger partial charge in [0.15, 0.2) is 0 Å². The molecule has 0 bridgehead atoms. The highest BCUT2D eigenvalue weighted by atomic mass is 35.5. The van der Waals surface area contributed by atoms with Crippen molar-refractivity contribution in [3.05, 3.63) is 41.8 Å². The number of hydrogen-bond donors (Lipinski definition) is 2. The smallest absolute Gasteiger partial charge is 0.241 e. The lowest BCUT2D eigenvalue weighted by molar-refractivity contribution is -0.121. The Hall–Kier alpha value is -1.06. The summed E-state index contributed by atoms with van der Waals surface area (Å²) in [5.41, 5.74) is 2.83. The zero-order valence-electron chi connectivity index (χ0n) is 6.96. The summed E-state index contributed by atoms with van der Waals surface area (Å²) < 4.78 is 0. The van der Waals surface area contributed by atoms with Gasteiger partial charge in [0.05, 0.1) is 5.92 Å². The Bertz CT molecular complexity index is 297. The molecule has 13 heavy (non-hydrogen) atoms. The predicted octanol–water partition coefficient (Wildman–Crippen LogP) is 1.25. The van der Waals surface area contributed by atoms with Gasteiger partial charge in [-0.3, -0.25) is 10.2 Å². The van der Waals surface area contributed by atoms with Gasteiger partial charge in [-0.15, -0.1) is 0 Å². The van der Waals surface area contributed by atoms with Crippen LogP contribution in [0.3, 0.4) is 0 Å². The van der Waals surface area contributed by atoms with Crippen LogP contribution in [0.2, 0.25) is 5.02 Å². The number of benzene rings is 1. The lowest BCUT2D eigenvalue weighted by atomic mass is 10.0. The minimum atomic E-state index is -0.498. The van der Waals surface area contributed by atoms with Gasteiger partial charge in [0.25, 0.3) is 0 Å². The molecular formula is C9H10ClN2O. The van der Waals surface area contributed by atoms with Crippen molar-refractivity contribution >= 4 is 17.5 Å². The fourth-order valence-electron chi connectivity index (χ4n) is 0.947. The first-order valence-electron chi connectivity index (χ1n) is 3.74. The fraction of sp³-hybridized carbons (Fsp3) is 0.111. The molecule has 1 aromatic rings. The van der Waals surface area contributed by atoms with E-state index in [2.05, 4.69) is 6.92 Å². The Morgan fingerprint density at radius 3 is 2.46 bits per heavy atom. The second-order valence-corrected chi connectivity index (χ2v) is 3.05. The van der Waals surface area contributed by atoms with Gasteiger partial charge in [-0.25, -0.2) is 5.84 Å². The van der Waals surface area contributed by atoms with Gasteiger partial charge < -0.3 is 0 Å². The SMILES string of the molecule is [CH2]C(C(=O)NN)c1ccc(Cl)cc1. The molecule has 0 aliphatic rings. The average Bonchev–Trinajstić information content (AvgIpc) is 2.17. The molecule has 0 heterocycles. The van der Waals surface area contributed by atoms with Crippen LogP contribution in [0, 0.1) is 6.92 Å². The van der Waals surface area contributed by atoms with Crippen LogP contribution in [0.1, 0.15) is 11.5 Å². The Balaban J connectivity index is 2.83. The second kappa shape index (κ2) is 4.25. The summed E-state index contributed by atoms with van der Waals surface area (Å²) in [5, 5.41) is 0.629. The molecule has 1 rings (SSSR count). The van der Waals surface area contributed by atoms with Crippen LogP contribution in [0.4, 0.5) is 0 Å². The molecule has 0 fully saturated rings. The minimum Gasteiger partial charge on any atom is -0.294 e. The summed E-state index contributed by atoms with van der Waals surface area (Å²) in [4.78, 5) is 11.1. The number of amides is 1. The monoisotopic (exact) mass is 197 g/mol. The van der Waals surface area contributed by atoms with E-state index >= 15 is 0 Å². The van der Waals surface area contributed by atoms with Crippen LogP contribution in [0.25, 0.3) is 0 Å². The summed E-state index contributed by atoms with van der Waals surface area (Å²) in [5.74, 6) is 4.16. The first-order valence-corrected chi connectivity index (χ1v) is 4.12. The highest BCUT2D eigenvalue weighted by Gasteiger charge is 2.13. The number of carbonyl (C=O) groups excluding carboxylic acids is 1. The van der Waals surface area contributed by atoms with Crippen molar-refractivity contribution in [3.63, 3.8) is 0 Å². The van der Waals surface area contributed by atoms with Crippen LogP contribution in [0.15, 0.2) is 24.3 Å². The van der Waals surface area contributed by atoms with E-state index in [1.807, 2.05) is 5.43 Å². The molecule has 0 saturated carbocycles. The normalized spacial score (nSPS) is 12.2. The van der Waals surface area contributed by atoms with E-state index in [1.54, 1.807) is 24.3 Å². The van der Waals surface area contributed by atoms with Crippen LogP contribution in [-0.4, -0.2) is 5.91 Å². The molecule has 69 valence electrons. The summed E-state index contributed by atoms with van der Waals surface area (Å²) >= 11 is 5.68. The van der Waals surface area contributed by atoms with Crippen molar-refractivity contribution in [2.75, 3.05) is 0 Å². The molecule has 1 atom stereocenters. The third-order valence-corrected chi connectivity index (χ3v) is 1.98. The molecular weight excluding hydrogens is 188 g/mol. The molecule has 3 nitrogen and oxygen atoms in total. The van der Waals surface area contributed by atoms with Gasteiger partial charge in [0, 0.05) is 5.02 Å². The van der Waals surface area contributed by atoms with E-state index in [1.165, 1.54) is 0 Å². The van der Waals surface area contributed by atoms with Crippen molar-refractivity contribution in [1.29, 1.82) is 0 Å². The predicted molar refractivity (Wildman–Crippen MR) is 51.9 cm³/mol. The summed E-state index contributed by atoms with van der Waals surface area (Å²) in [6.45, 7) is 3.67. The van der Waals surface area contributed by atoms with Crippen molar-refractivity contribution in [3.8, 4) is 0 Å². The molecule has 0 aliphatic carbocycles. The van der Waals surface area contributed by atoms with Crippen molar-refractivity contribution in [2.45, 2.75) is 5.92 Å². The average molecular weight is 198 g/mol. The molecule has 0 saturated heterocycles. The lowest BCUT2D eigenvalue weighted by Crippen LogP contribution is -2.33. The van der Waals surface area contributed by atoms with Crippen LogP contribution in [0.5, 0.6) is 0 Å². The Morgan fingerprint density at radius 1 is 1.46 bits per heavy atom. The first-order chi connectivity index (χ1) is 6.15. The maximum Gasteiger partial charge on any atom is 0.241 e. The molecule has 4 heteroatoms. The van der Waals surface area contributed by atoms with E-state index in [4.69, 9.17) is 17.4 Å². The maximum atomic E-state index is 11.1. The molecule has 1 radical (unpaired) electrons. The lowest BCUT2D eigenvalue weighted by Gasteiger charge is -2.09. The van der Waals surface area contributed by atoms with Gasteiger partial charge >= 0.3 is 0 Å². The third kappa shape index (κ3) is 2.44. The van der Waals surface area contributed by atoms with Gasteiger partial charge in [0.1, 0.15) is 0 Å². The van der Waals surface area contributed by atoms with Crippen molar-refractivity contribution in [2.24, 2.45) is 5.84 Å². The van der Waals surface area contributed by atoms with Gasteiger partial charge in [-0.2, -0.15) is 0 Å². The molecule has 1 aromatic carbocycles. The Labute approximate surface area is 81.9 Å². The fourth-order valence-corrected chi connectivity index (χ4v) is 1.07. The largest absolute Gasteiger partial charge is 0.294 e. The van der Waals surface area contributed by atoms with E-state index in [0.29, 0.717) is 5.02 Å². The highest BCUT2D eigenvalue weighted by Crippen LogP contribution is 2.17. The number of halogens is 1. The van der Waals surface area contributed by atoms with Crippen LogP contribution < -0.4 is 11.3 Å². The number of hydrazine groups is 1. The Morgan fingerprint density at radius 2 is 2.00 bits per heavy atom. The second-order valence-electron chi connectivity index (χ2n) is 2.61. The summed E-state index contributed by atoms with van der Waals surface area (Å²) in [7, 11) is 0. The standard InChI is InChI=1S/C9H10ClN2O/c1-6(9(13)12-11)7-2-4-8(10)5-3-7/h2-6H,1,11H2,(H,12,13). The minimum absolute atomic E-state index is 0.317. The molecule has 0 spiro atoms. The maximum absolute atomic E-state index is 11.1. The topological polar surface area (TPSA) is 55.1 Å². The number of nitrogens with one attached hydrogen (secondary N) is 1. The molecule has 0 aliphatic heterocycles. The molecule has 1 unspecified atom stereocenters. The zero-order valence-corrected chi connectivity index (χ0v) is 7.71. The number of nitrogens with two attached hydrogens (primary N) is 1. The highest BCUT2D eigenvalue weighted by molar-refractivity contribution is 6.30. The van der Waals surface area contributed by atoms with Gasteiger partial charge in [-0.1, -0.05) is 23.7 Å². The first kappa shape index (κ1) is 10.0. The zero-order chi connectivity index (χ0) is 9.84. The summed E-state index contributed by atoms with van der Waals surface area (Å²) in [6.07, 6.45) is 0. The van der Waals surface area contributed by atoms with E-state index < -0.39 is 5.92 Å². The summed E-state index contributed by atoms with van der Waals surface area (Å²) in [6, 6.07) is 6.90. The molecule has 1 amide bonds.